The summed E-state index contributed by atoms with van der Waals surface area (Å²) in [7, 11) is 0. The predicted molar refractivity (Wildman–Crippen MR) is 98.6 cm³/mol. The summed E-state index contributed by atoms with van der Waals surface area (Å²) in [4.78, 5) is 12.0. The molecular formula is C20H34N2O. The molecule has 0 bridgehead atoms. The van der Waals surface area contributed by atoms with Crippen molar-refractivity contribution < 1.29 is 4.79 Å². The van der Waals surface area contributed by atoms with Gasteiger partial charge in [-0.1, -0.05) is 59.6 Å². The number of amides is 1. The minimum Gasteiger partial charge on any atom is -0.366 e. The number of unbranched alkanes of at least 4 members (excludes halogenated alkanes) is 2. The van der Waals surface area contributed by atoms with E-state index in [1.54, 1.807) is 0 Å². The highest BCUT2D eigenvalue weighted by atomic mass is 16.1. The Kier molecular flexibility index (Phi) is 7.27. The fourth-order valence-electron chi connectivity index (χ4n) is 3.80. The van der Waals surface area contributed by atoms with Gasteiger partial charge >= 0.3 is 0 Å². The lowest BCUT2D eigenvalue weighted by atomic mass is 9.63. The van der Waals surface area contributed by atoms with Crippen molar-refractivity contribution in [2.24, 2.45) is 23.3 Å². The first kappa shape index (κ1) is 19.7. The quantitative estimate of drug-likeness (QED) is 0.675. The second-order valence-corrected chi connectivity index (χ2v) is 7.26. The summed E-state index contributed by atoms with van der Waals surface area (Å²) in [6.07, 6.45) is 4.64. The number of carbonyl (C=O) groups is 1. The Balaban J connectivity index is 3.43. The minimum atomic E-state index is -0.362. The van der Waals surface area contributed by atoms with Gasteiger partial charge in [-0.3, -0.25) is 4.79 Å². The molecule has 0 unspecified atom stereocenters. The third-order valence-corrected chi connectivity index (χ3v) is 5.32. The third-order valence-electron chi connectivity index (χ3n) is 5.32. The molecule has 0 fully saturated rings. The van der Waals surface area contributed by atoms with Gasteiger partial charge in [0.15, 0.2) is 0 Å². The maximum atomic E-state index is 12.0. The molecule has 1 amide bonds. The number of rotatable bonds is 9. The Hall–Kier alpha value is -1.35. The Morgan fingerprint density at radius 1 is 1.13 bits per heavy atom. The van der Waals surface area contributed by atoms with E-state index < -0.39 is 0 Å². The number of hydrogen-bond donors (Lipinski definition) is 2. The predicted octanol–water partition coefficient (Wildman–Crippen LogP) is 4.03. The first-order chi connectivity index (χ1) is 10.8. The maximum absolute atomic E-state index is 12.0. The molecule has 3 nitrogen and oxygen atoms in total. The summed E-state index contributed by atoms with van der Waals surface area (Å²) in [5.74, 6) is 0.298. The number of benzene rings is 1. The van der Waals surface area contributed by atoms with Crippen LogP contribution in [0.5, 0.6) is 0 Å². The zero-order chi connectivity index (χ0) is 17.6. The molecule has 0 saturated heterocycles. The van der Waals surface area contributed by atoms with Crippen LogP contribution in [0.25, 0.3) is 0 Å². The van der Waals surface area contributed by atoms with Crippen LogP contribution < -0.4 is 11.5 Å². The third kappa shape index (κ3) is 4.14. The van der Waals surface area contributed by atoms with E-state index in [4.69, 9.17) is 11.5 Å². The molecule has 0 atom stereocenters. The van der Waals surface area contributed by atoms with Gasteiger partial charge in [0.25, 0.3) is 0 Å². The number of hydrogen-bond acceptors (Lipinski definition) is 2. The van der Waals surface area contributed by atoms with Crippen molar-refractivity contribution in [1.29, 1.82) is 0 Å². The first-order valence-electron chi connectivity index (χ1n) is 8.94. The lowest BCUT2D eigenvalue weighted by molar-refractivity contribution is 0.0995. The molecule has 1 aromatic rings. The van der Waals surface area contributed by atoms with E-state index in [1.807, 2.05) is 12.1 Å². The van der Waals surface area contributed by atoms with Crippen molar-refractivity contribution >= 4 is 5.91 Å². The van der Waals surface area contributed by atoms with Crippen LogP contribution in [0.4, 0.5) is 0 Å². The highest BCUT2D eigenvalue weighted by molar-refractivity contribution is 5.95. The molecule has 0 aliphatic heterocycles. The average molecular weight is 319 g/mol. The number of carbonyl (C=O) groups excluding carboxylic acids is 1. The molecular weight excluding hydrogens is 284 g/mol. The Morgan fingerprint density at radius 3 is 2.17 bits per heavy atom. The van der Waals surface area contributed by atoms with Crippen molar-refractivity contribution in [3.8, 4) is 0 Å². The van der Waals surface area contributed by atoms with Crippen LogP contribution in [0.15, 0.2) is 18.2 Å². The molecule has 0 aliphatic carbocycles. The smallest absolute Gasteiger partial charge is 0.248 e. The lowest BCUT2D eigenvalue weighted by Gasteiger charge is -2.42. The summed E-state index contributed by atoms with van der Waals surface area (Å²) in [5.41, 5.74) is 14.6. The largest absolute Gasteiger partial charge is 0.366 e. The summed E-state index contributed by atoms with van der Waals surface area (Å²) in [6.45, 7) is 11.4. The second kappa shape index (κ2) is 8.49. The van der Waals surface area contributed by atoms with Crippen LogP contribution in [0, 0.1) is 11.8 Å². The summed E-state index contributed by atoms with van der Waals surface area (Å²) < 4.78 is 0. The second-order valence-electron chi connectivity index (χ2n) is 7.26. The molecule has 3 heteroatoms. The number of primary amides is 1. The molecule has 0 aromatic heterocycles. The fraction of sp³-hybridized carbons (Fsp3) is 0.650. The molecule has 23 heavy (non-hydrogen) atoms. The van der Waals surface area contributed by atoms with Crippen LogP contribution in [-0.2, 0) is 11.8 Å². The highest BCUT2D eigenvalue weighted by Crippen LogP contribution is 2.40. The molecule has 4 N–H and O–H groups in total. The van der Waals surface area contributed by atoms with Crippen LogP contribution in [0.3, 0.4) is 0 Å². The zero-order valence-electron chi connectivity index (χ0n) is 15.5. The van der Waals surface area contributed by atoms with E-state index in [2.05, 4.69) is 40.7 Å². The van der Waals surface area contributed by atoms with Gasteiger partial charge in [-0.2, -0.15) is 0 Å². The average Bonchev–Trinajstić information content (AvgIpc) is 2.48. The SMILES string of the molecule is CCCCCc1ccc(C(N)=O)c(C(CN)(C(C)C)C(C)C)c1. The molecule has 0 saturated carbocycles. The topological polar surface area (TPSA) is 69.1 Å². The fourth-order valence-corrected chi connectivity index (χ4v) is 3.80. The van der Waals surface area contributed by atoms with Crippen LogP contribution >= 0.6 is 0 Å². The van der Waals surface area contributed by atoms with Crippen LogP contribution in [0.2, 0.25) is 0 Å². The normalized spacial score (nSPS) is 12.2. The minimum absolute atomic E-state index is 0.231. The maximum Gasteiger partial charge on any atom is 0.248 e. The number of aryl methyl sites for hydroxylation is 1. The molecule has 0 spiro atoms. The van der Waals surface area contributed by atoms with Crippen molar-refractivity contribution in [2.45, 2.75) is 65.7 Å². The van der Waals surface area contributed by atoms with E-state index in [0.29, 0.717) is 23.9 Å². The molecule has 130 valence electrons. The van der Waals surface area contributed by atoms with Crippen molar-refractivity contribution in [3.63, 3.8) is 0 Å². The Labute approximate surface area is 141 Å². The van der Waals surface area contributed by atoms with E-state index in [-0.39, 0.29) is 11.3 Å². The van der Waals surface area contributed by atoms with Gasteiger partial charge in [-0.15, -0.1) is 0 Å². The van der Waals surface area contributed by atoms with E-state index in [0.717, 1.165) is 12.0 Å². The van der Waals surface area contributed by atoms with Gasteiger partial charge in [-0.05, 0) is 41.9 Å². The van der Waals surface area contributed by atoms with Gasteiger partial charge in [0, 0.05) is 17.5 Å². The Bertz CT molecular complexity index is 512. The van der Waals surface area contributed by atoms with Gasteiger partial charge in [0.1, 0.15) is 0 Å². The summed E-state index contributed by atoms with van der Waals surface area (Å²) in [6, 6.07) is 6.12. The molecule has 1 aromatic carbocycles. The number of nitrogens with two attached hydrogens (primary N) is 2. The monoisotopic (exact) mass is 318 g/mol. The van der Waals surface area contributed by atoms with Crippen molar-refractivity contribution in [1.82, 2.24) is 0 Å². The van der Waals surface area contributed by atoms with Gasteiger partial charge in [0.05, 0.1) is 0 Å². The van der Waals surface area contributed by atoms with Crippen LogP contribution in [-0.4, -0.2) is 12.5 Å². The van der Waals surface area contributed by atoms with E-state index in [9.17, 15) is 4.79 Å². The Morgan fingerprint density at radius 2 is 1.74 bits per heavy atom. The van der Waals surface area contributed by atoms with Gasteiger partial charge < -0.3 is 11.5 Å². The molecule has 0 aliphatic rings. The van der Waals surface area contributed by atoms with E-state index >= 15 is 0 Å². The van der Waals surface area contributed by atoms with E-state index in [1.165, 1.54) is 24.8 Å². The summed E-state index contributed by atoms with van der Waals surface area (Å²) >= 11 is 0. The van der Waals surface area contributed by atoms with Gasteiger partial charge in [0.2, 0.25) is 5.91 Å². The molecule has 0 radical (unpaired) electrons. The van der Waals surface area contributed by atoms with Gasteiger partial charge in [-0.25, -0.2) is 0 Å². The van der Waals surface area contributed by atoms with Crippen molar-refractivity contribution in [2.75, 3.05) is 6.54 Å². The molecule has 1 rings (SSSR count). The summed E-state index contributed by atoms with van der Waals surface area (Å²) in [5, 5.41) is 0. The standard InChI is InChI=1S/C20H34N2O/c1-6-7-8-9-16-10-11-17(19(22)23)18(12-16)20(13-21,14(2)3)15(4)5/h10-12,14-15H,6-9,13,21H2,1-5H3,(H2,22,23). The van der Waals surface area contributed by atoms with Crippen LogP contribution in [0.1, 0.15) is 75.4 Å². The first-order valence-corrected chi connectivity index (χ1v) is 8.94. The highest BCUT2D eigenvalue weighted by Gasteiger charge is 2.40. The molecule has 0 heterocycles. The zero-order valence-corrected chi connectivity index (χ0v) is 15.5. The van der Waals surface area contributed by atoms with Crippen molar-refractivity contribution in [3.05, 3.63) is 34.9 Å². The lowest BCUT2D eigenvalue weighted by Crippen LogP contribution is -2.46.